The van der Waals surface area contributed by atoms with Gasteiger partial charge in [0.1, 0.15) is 11.3 Å². The van der Waals surface area contributed by atoms with Crippen molar-refractivity contribution in [1.82, 2.24) is 0 Å². The van der Waals surface area contributed by atoms with Gasteiger partial charge in [0, 0.05) is 40.6 Å². The summed E-state index contributed by atoms with van der Waals surface area (Å²) in [5.41, 5.74) is 4.31. The van der Waals surface area contributed by atoms with Crippen molar-refractivity contribution >= 4 is 22.4 Å². The molecule has 0 N–H and O–H groups in total. The summed E-state index contributed by atoms with van der Waals surface area (Å²) in [5, 5.41) is 11.8. The van der Waals surface area contributed by atoms with E-state index in [1.165, 1.54) is 17.7 Å². The Morgan fingerprint density at radius 2 is 1.59 bits per heavy atom. The second kappa shape index (κ2) is 10.2. The van der Waals surface area contributed by atoms with Gasteiger partial charge >= 0.3 is 0 Å². The van der Waals surface area contributed by atoms with Crippen LogP contribution in [0.25, 0.3) is 11.0 Å². The van der Waals surface area contributed by atoms with E-state index in [-0.39, 0.29) is 11.5 Å². The van der Waals surface area contributed by atoms with E-state index >= 15 is 0 Å². The minimum atomic E-state index is -0.463. The number of hydrogen-bond acceptors (Lipinski definition) is 4. The number of aryl methyl sites for hydroxylation is 2. The number of unbranched alkanes of at least 4 members (excludes halogenated alkanes) is 1. The Morgan fingerprint density at radius 1 is 0.941 bits per heavy atom. The van der Waals surface area contributed by atoms with Crippen molar-refractivity contribution in [3.8, 4) is 11.8 Å². The number of ketones is 1. The standard InChI is InChI=1S/C29H25NO4/c1-3-5-6-27-28(25-19-24(30(32)33)17-18-26(25)34-27)29(31)23-15-13-22(14-16-23)12-11-21-9-7-20(4-2)8-10-21/h7-10,13-19H,3-6H2,1-2H3. The van der Waals surface area contributed by atoms with E-state index in [0.29, 0.717) is 34.3 Å². The Morgan fingerprint density at radius 3 is 2.18 bits per heavy atom. The third kappa shape index (κ3) is 4.92. The second-order valence-corrected chi connectivity index (χ2v) is 8.15. The van der Waals surface area contributed by atoms with Gasteiger partial charge in [-0.05, 0) is 60.9 Å². The van der Waals surface area contributed by atoms with Crippen molar-refractivity contribution in [3.63, 3.8) is 0 Å². The predicted molar refractivity (Wildman–Crippen MR) is 133 cm³/mol. The zero-order valence-electron chi connectivity index (χ0n) is 19.3. The molecule has 0 amide bonds. The van der Waals surface area contributed by atoms with Gasteiger partial charge in [-0.1, -0.05) is 44.2 Å². The van der Waals surface area contributed by atoms with Crippen LogP contribution in [0.3, 0.4) is 0 Å². The molecule has 0 aliphatic rings. The first kappa shape index (κ1) is 23.0. The van der Waals surface area contributed by atoms with Crippen LogP contribution in [0.2, 0.25) is 0 Å². The Kier molecular flexibility index (Phi) is 6.89. The number of rotatable bonds is 7. The third-order valence-corrected chi connectivity index (χ3v) is 5.80. The van der Waals surface area contributed by atoms with E-state index in [1.54, 1.807) is 18.2 Å². The second-order valence-electron chi connectivity index (χ2n) is 8.15. The highest BCUT2D eigenvalue weighted by molar-refractivity contribution is 6.17. The van der Waals surface area contributed by atoms with Crippen LogP contribution in [-0.4, -0.2) is 10.7 Å². The molecule has 0 saturated carbocycles. The summed E-state index contributed by atoms with van der Waals surface area (Å²) in [6.07, 6.45) is 3.39. The zero-order chi connectivity index (χ0) is 24.1. The molecule has 0 atom stereocenters. The molecule has 3 aromatic carbocycles. The first-order valence-corrected chi connectivity index (χ1v) is 11.5. The number of carbonyl (C=O) groups excluding carboxylic acids is 1. The highest BCUT2D eigenvalue weighted by Crippen LogP contribution is 2.32. The Labute approximate surface area is 198 Å². The van der Waals surface area contributed by atoms with Gasteiger partial charge in [0.05, 0.1) is 10.5 Å². The first-order valence-electron chi connectivity index (χ1n) is 11.5. The summed E-state index contributed by atoms with van der Waals surface area (Å²) >= 11 is 0. The van der Waals surface area contributed by atoms with Gasteiger partial charge in [0.25, 0.3) is 5.69 Å². The van der Waals surface area contributed by atoms with Gasteiger partial charge in [-0.3, -0.25) is 14.9 Å². The number of nitro groups is 1. The molecule has 0 spiro atoms. The SMILES string of the molecule is CCCCc1oc2ccc([N+](=O)[O-])cc2c1C(=O)c1ccc(C#Cc2ccc(CC)cc2)cc1. The van der Waals surface area contributed by atoms with E-state index in [2.05, 4.69) is 37.8 Å². The number of nitrogens with zero attached hydrogens (tertiary/aromatic N) is 1. The fraction of sp³-hybridized carbons (Fsp3) is 0.207. The van der Waals surface area contributed by atoms with E-state index in [4.69, 9.17) is 4.42 Å². The molecule has 1 aromatic heterocycles. The fourth-order valence-electron chi connectivity index (χ4n) is 3.83. The highest BCUT2D eigenvalue weighted by atomic mass is 16.6. The molecule has 0 unspecified atom stereocenters. The number of furan rings is 1. The monoisotopic (exact) mass is 451 g/mol. The number of fused-ring (bicyclic) bond motifs is 1. The smallest absolute Gasteiger partial charge is 0.270 e. The van der Waals surface area contributed by atoms with Gasteiger partial charge < -0.3 is 4.42 Å². The van der Waals surface area contributed by atoms with Gasteiger partial charge in [-0.15, -0.1) is 0 Å². The Hall–Kier alpha value is -4.17. The molecule has 0 radical (unpaired) electrons. The maximum Gasteiger partial charge on any atom is 0.270 e. The van der Waals surface area contributed by atoms with Crippen LogP contribution < -0.4 is 0 Å². The molecule has 0 saturated heterocycles. The maximum absolute atomic E-state index is 13.5. The number of hydrogen-bond donors (Lipinski definition) is 0. The van der Waals surface area contributed by atoms with Gasteiger partial charge in [-0.25, -0.2) is 0 Å². The zero-order valence-corrected chi connectivity index (χ0v) is 19.3. The molecule has 170 valence electrons. The number of benzene rings is 3. The minimum absolute atomic E-state index is 0.0676. The van der Waals surface area contributed by atoms with Crippen molar-refractivity contribution in [3.05, 3.63) is 110 Å². The lowest BCUT2D eigenvalue weighted by atomic mass is 9.97. The van der Waals surface area contributed by atoms with Crippen LogP contribution in [0.4, 0.5) is 5.69 Å². The average Bonchev–Trinajstić information content (AvgIpc) is 3.23. The molecule has 5 nitrogen and oxygen atoms in total. The fourth-order valence-corrected chi connectivity index (χ4v) is 3.83. The molecule has 0 aliphatic carbocycles. The van der Waals surface area contributed by atoms with Crippen molar-refractivity contribution in [2.24, 2.45) is 0 Å². The van der Waals surface area contributed by atoms with Crippen LogP contribution in [0.1, 0.15) is 65.1 Å². The van der Waals surface area contributed by atoms with Gasteiger partial charge in [0.2, 0.25) is 0 Å². The topological polar surface area (TPSA) is 73.3 Å². The van der Waals surface area contributed by atoms with Crippen LogP contribution in [-0.2, 0) is 12.8 Å². The molecule has 34 heavy (non-hydrogen) atoms. The minimum Gasteiger partial charge on any atom is -0.460 e. The largest absolute Gasteiger partial charge is 0.460 e. The van der Waals surface area contributed by atoms with E-state index < -0.39 is 4.92 Å². The lowest BCUT2D eigenvalue weighted by Gasteiger charge is -2.03. The maximum atomic E-state index is 13.5. The van der Waals surface area contributed by atoms with Crippen LogP contribution in [0.15, 0.2) is 71.1 Å². The van der Waals surface area contributed by atoms with E-state index in [1.807, 2.05) is 24.3 Å². The van der Waals surface area contributed by atoms with Gasteiger partial charge in [-0.2, -0.15) is 0 Å². The summed E-state index contributed by atoms with van der Waals surface area (Å²) in [4.78, 5) is 24.3. The molecular weight excluding hydrogens is 426 g/mol. The summed E-state index contributed by atoms with van der Waals surface area (Å²) in [7, 11) is 0. The van der Waals surface area contributed by atoms with Crippen molar-refractivity contribution < 1.29 is 14.1 Å². The van der Waals surface area contributed by atoms with Crippen molar-refractivity contribution in [1.29, 1.82) is 0 Å². The summed E-state index contributed by atoms with van der Waals surface area (Å²) in [5.74, 6) is 6.64. The number of nitro benzene ring substituents is 1. The molecule has 5 heteroatoms. The first-order chi connectivity index (χ1) is 16.5. The van der Waals surface area contributed by atoms with E-state index in [9.17, 15) is 14.9 Å². The normalized spacial score (nSPS) is 10.6. The molecule has 0 fully saturated rings. The molecular formula is C29H25NO4. The lowest BCUT2D eigenvalue weighted by molar-refractivity contribution is -0.384. The molecule has 0 bridgehead atoms. The Bertz CT molecular complexity index is 1400. The molecule has 4 aromatic rings. The average molecular weight is 452 g/mol. The molecule has 1 heterocycles. The molecule has 0 aliphatic heterocycles. The third-order valence-electron chi connectivity index (χ3n) is 5.80. The summed E-state index contributed by atoms with van der Waals surface area (Å²) < 4.78 is 5.94. The summed E-state index contributed by atoms with van der Waals surface area (Å²) in [6.45, 7) is 4.18. The highest BCUT2D eigenvalue weighted by Gasteiger charge is 2.23. The molecule has 4 rings (SSSR count). The predicted octanol–water partition coefficient (Wildman–Crippen LogP) is 6.88. The van der Waals surface area contributed by atoms with E-state index in [0.717, 1.165) is 30.4 Å². The Balaban J connectivity index is 1.65. The van der Waals surface area contributed by atoms with Crippen molar-refractivity contribution in [2.75, 3.05) is 0 Å². The number of carbonyl (C=O) groups is 1. The van der Waals surface area contributed by atoms with Crippen LogP contribution in [0, 0.1) is 22.0 Å². The quantitative estimate of drug-likeness (QED) is 0.133. The van der Waals surface area contributed by atoms with Crippen molar-refractivity contribution in [2.45, 2.75) is 39.5 Å². The van der Waals surface area contributed by atoms with Gasteiger partial charge in [0.15, 0.2) is 5.78 Å². The summed E-state index contributed by atoms with van der Waals surface area (Å²) in [6, 6.07) is 19.6. The van der Waals surface area contributed by atoms with Crippen LogP contribution in [0.5, 0.6) is 0 Å². The number of non-ortho nitro benzene ring substituents is 1. The lowest BCUT2D eigenvalue weighted by Crippen LogP contribution is -2.04. The van der Waals surface area contributed by atoms with Crippen LogP contribution >= 0.6 is 0 Å².